The molecule has 3 aromatic rings. The van der Waals surface area contributed by atoms with Crippen molar-refractivity contribution in [2.45, 2.75) is 6.61 Å². The first-order valence-corrected chi connectivity index (χ1v) is 10.5. The van der Waals surface area contributed by atoms with Crippen molar-refractivity contribution in [3.05, 3.63) is 101 Å². The van der Waals surface area contributed by atoms with Gasteiger partial charge in [-0.2, -0.15) is 0 Å². The molecule has 0 saturated carbocycles. The Morgan fingerprint density at radius 2 is 1.71 bits per heavy atom. The Morgan fingerprint density at radius 3 is 2.41 bits per heavy atom. The van der Waals surface area contributed by atoms with E-state index in [1.165, 1.54) is 36.4 Å². The third-order valence-electron chi connectivity index (χ3n) is 5.01. The van der Waals surface area contributed by atoms with Crippen LogP contribution >= 0.6 is 12.2 Å². The van der Waals surface area contributed by atoms with Crippen LogP contribution in [0.3, 0.4) is 0 Å². The number of nitrogens with zero attached hydrogens (tertiary/aromatic N) is 1. The van der Waals surface area contributed by atoms with Gasteiger partial charge in [0.15, 0.2) is 5.11 Å². The number of carboxylic acid groups (broad SMARTS) is 1. The molecule has 1 aliphatic rings. The van der Waals surface area contributed by atoms with E-state index in [1.54, 1.807) is 42.5 Å². The zero-order chi connectivity index (χ0) is 24.2. The van der Waals surface area contributed by atoms with Crippen molar-refractivity contribution in [3.63, 3.8) is 0 Å². The summed E-state index contributed by atoms with van der Waals surface area (Å²) in [5.41, 5.74) is 1.03. The van der Waals surface area contributed by atoms with Gasteiger partial charge in [0.05, 0.1) is 11.3 Å². The molecule has 9 heteroatoms. The van der Waals surface area contributed by atoms with Crippen LogP contribution in [0.15, 0.2) is 78.4 Å². The van der Waals surface area contributed by atoms with E-state index in [0.29, 0.717) is 11.3 Å². The monoisotopic (exact) mass is 476 g/mol. The topological polar surface area (TPSA) is 95.9 Å². The van der Waals surface area contributed by atoms with Gasteiger partial charge in [0, 0.05) is 5.56 Å². The number of carbonyl (C=O) groups is 3. The average Bonchev–Trinajstić information content (AvgIpc) is 2.82. The molecule has 34 heavy (non-hydrogen) atoms. The first-order valence-electron chi connectivity index (χ1n) is 10.0. The Morgan fingerprint density at radius 1 is 1.03 bits per heavy atom. The number of anilines is 1. The SMILES string of the molecule is O=C1NC(=S)N(c2ccccc2F)C(=O)/C1=C\c1ccccc1OCc1ccc(C(=O)O)cc1. The number of ether oxygens (including phenoxy) is 1. The van der Waals surface area contributed by atoms with Gasteiger partial charge in [-0.1, -0.05) is 42.5 Å². The second-order valence-electron chi connectivity index (χ2n) is 7.24. The van der Waals surface area contributed by atoms with Gasteiger partial charge in [0.2, 0.25) is 0 Å². The molecule has 0 unspecified atom stereocenters. The van der Waals surface area contributed by atoms with E-state index in [1.807, 2.05) is 0 Å². The number of carboxylic acids is 1. The molecule has 0 aromatic heterocycles. The summed E-state index contributed by atoms with van der Waals surface area (Å²) in [5.74, 6) is -2.77. The molecule has 1 heterocycles. The van der Waals surface area contributed by atoms with Crippen molar-refractivity contribution >= 4 is 46.9 Å². The first kappa shape index (κ1) is 22.8. The van der Waals surface area contributed by atoms with Gasteiger partial charge in [0.25, 0.3) is 11.8 Å². The minimum atomic E-state index is -1.02. The van der Waals surface area contributed by atoms with Crippen molar-refractivity contribution in [3.8, 4) is 5.75 Å². The van der Waals surface area contributed by atoms with Crippen molar-refractivity contribution in [1.29, 1.82) is 0 Å². The molecule has 4 rings (SSSR count). The maximum atomic E-state index is 14.3. The number of hydrogen-bond acceptors (Lipinski definition) is 5. The second kappa shape index (κ2) is 9.63. The Hall–Kier alpha value is -4.37. The van der Waals surface area contributed by atoms with Crippen LogP contribution in [0.1, 0.15) is 21.5 Å². The van der Waals surface area contributed by atoms with Crippen LogP contribution in [-0.2, 0) is 16.2 Å². The summed E-state index contributed by atoms with van der Waals surface area (Å²) in [5, 5.41) is 11.2. The summed E-state index contributed by atoms with van der Waals surface area (Å²) in [6.45, 7) is 0.131. The summed E-state index contributed by atoms with van der Waals surface area (Å²) in [7, 11) is 0. The number of rotatable bonds is 6. The molecular formula is C25H17FN2O5S. The van der Waals surface area contributed by atoms with E-state index >= 15 is 0 Å². The lowest BCUT2D eigenvalue weighted by atomic mass is 10.1. The number of para-hydroxylation sites is 2. The second-order valence-corrected chi connectivity index (χ2v) is 7.62. The predicted molar refractivity (Wildman–Crippen MR) is 127 cm³/mol. The molecule has 1 saturated heterocycles. The van der Waals surface area contributed by atoms with E-state index in [4.69, 9.17) is 22.1 Å². The molecular weight excluding hydrogens is 459 g/mol. The van der Waals surface area contributed by atoms with Gasteiger partial charge in [-0.25, -0.2) is 14.1 Å². The Labute approximate surface area is 199 Å². The van der Waals surface area contributed by atoms with E-state index in [2.05, 4.69) is 5.32 Å². The zero-order valence-electron chi connectivity index (χ0n) is 17.5. The molecule has 2 N–H and O–H groups in total. The molecule has 0 bridgehead atoms. The number of amides is 2. The molecule has 1 fully saturated rings. The number of nitrogens with one attached hydrogen (secondary N) is 1. The molecule has 0 radical (unpaired) electrons. The number of aromatic carboxylic acids is 1. The molecule has 3 aromatic carbocycles. The maximum Gasteiger partial charge on any atom is 0.335 e. The Kier molecular flexibility index (Phi) is 6.46. The van der Waals surface area contributed by atoms with Crippen LogP contribution in [0, 0.1) is 5.82 Å². The molecule has 7 nitrogen and oxygen atoms in total. The number of hydrogen-bond donors (Lipinski definition) is 2. The average molecular weight is 476 g/mol. The zero-order valence-corrected chi connectivity index (χ0v) is 18.3. The van der Waals surface area contributed by atoms with Gasteiger partial charge in [-0.05, 0) is 54.2 Å². The molecule has 2 amide bonds. The first-order chi connectivity index (χ1) is 16.3. The quantitative estimate of drug-likeness (QED) is 0.318. The van der Waals surface area contributed by atoms with Gasteiger partial charge >= 0.3 is 5.97 Å². The highest BCUT2D eigenvalue weighted by molar-refractivity contribution is 7.80. The van der Waals surface area contributed by atoms with E-state index in [0.717, 1.165) is 10.5 Å². The number of halogens is 1. The van der Waals surface area contributed by atoms with Crippen LogP contribution in [0.5, 0.6) is 5.75 Å². The Bertz CT molecular complexity index is 1340. The van der Waals surface area contributed by atoms with Crippen molar-refractivity contribution in [2.24, 2.45) is 0 Å². The predicted octanol–water partition coefficient (Wildman–Crippen LogP) is 3.93. The van der Waals surface area contributed by atoms with Gasteiger partial charge in [-0.15, -0.1) is 0 Å². The highest BCUT2D eigenvalue weighted by Crippen LogP contribution is 2.27. The standard InChI is InChI=1S/C25H17FN2O5S/c26-19-6-2-3-7-20(19)28-23(30)18(22(29)27-25(28)34)13-17-5-1-4-8-21(17)33-14-15-9-11-16(12-10-15)24(31)32/h1-13H,14H2,(H,31,32)(H,27,29,34)/b18-13-. The number of benzene rings is 3. The Balaban J connectivity index is 1.61. The largest absolute Gasteiger partial charge is 0.488 e. The van der Waals surface area contributed by atoms with Crippen LogP contribution in [0.4, 0.5) is 10.1 Å². The van der Waals surface area contributed by atoms with Crippen molar-refractivity contribution < 1.29 is 28.6 Å². The smallest absolute Gasteiger partial charge is 0.335 e. The molecule has 0 atom stereocenters. The minimum absolute atomic E-state index is 0.0715. The minimum Gasteiger partial charge on any atom is -0.488 e. The third kappa shape index (κ3) is 4.69. The van der Waals surface area contributed by atoms with Gasteiger partial charge in [0.1, 0.15) is 23.7 Å². The number of carbonyl (C=O) groups excluding carboxylic acids is 2. The van der Waals surface area contributed by atoms with E-state index < -0.39 is 23.6 Å². The van der Waals surface area contributed by atoms with Gasteiger partial charge in [-0.3, -0.25) is 14.9 Å². The fourth-order valence-electron chi connectivity index (χ4n) is 3.30. The van der Waals surface area contributed by atoms with Crippen molar-refractivity contribution in [2.75, 3.05) is 4.90 Å². The lowest BCUT2D eigenvalue weighted by Gasteiger charge is -2.29. The maximum absolute atomic E-state index is 14.3. The van der Waals surface area contributed by atoms with Gasteiger partial charge < -0.3 is 9.84 Å². The van der Waals surface area contributed by atoms with Crippen LogP contribution in [-0.4, -0.2) is 28.0 Å². The summed E-state index contributed by atoms with van der Waals surface area (Å²) < 4.78 is 20.2. The number of thiocarbonyl (C=S) groups is 1. The van der Waals surface area contributed by atoms with Crippen molar-refractivity contribution in [1.82, 2.24) is 5.32 Å². The highest BCUT2D eigenvalue weighted by atomic mass is 32.1. The highest BCUT2D eigenvalue weighted by Gasteiger charge is 2.35. The lowest BCUT2D eigenvalue weighted by Crippen LogP contribution is -2.54. The fraction of sp³-hybridized carbons (Fsp3) is 0.0400. The fourth-order valence-corrected chi connectivity index (χ4v) is 3.57. The molecule has 0 aliphatic carbocycles. The summed E-state index contributed by atoms with van der Waals surface area (Å²) >= 11 is 5.11. The van der Waals surface area contributed by atoms with Crippen LogP contribution in [0.2, 0.25) is 0 Å². The molecule has 1 aliphatic heterocycles. The van der Waals surface area contributed by atoms with Crippen LogP contribution < -0.4 is 15.0 Å². The normalized spacial score (nSPS) is 14.8. The summed E-state index contributed by atoms with van der Waals surface area (Å²) in [4.78, 5) is 37.6. The van der Waals surface area contributed by atoms with Crippen LogP contribution in [0.25, 0.3) is 6.08 Å². The molecule has 170 valence electrons. The third-order valence-corrected chi connectivity index (χ3v) is 5.29. The summed E-state index contributed by atoms with van der Waals surface area (Å²) in [6.07, 6.45) is 1.36. The van der Waals surface area contributed by atoms with E-state index in [-0.39, 0.29) is 28.5 Å². The molecule has 0 spiro atoms. The lowest BCUT2D eigenvalue weighted by molar-refractivity contribution is -0.122. The summed E-state index contributed by atoms with van der Waals surface area (Å²) in [6, 6.07) is 18.6. The van der Waals surface area contributed by atoms with E-state index in [9.17, 15) is 18.8 Å².